The molecule has 2 amide bonds. The van der Waals surface area contributed by atoms with Crippen molar-refractivity contribution < 1.29 is 19.1 Å². The van der Waals surface area contributed by atoms with Crippen LogP contribution in [-0.2, 0) is 4.79 Å². The van der Waals surface area contributed by atoms with Crippen LogP contribution in [-0.4, -0.2) is 35.9 Å². The fourth-order valence-electron chi connectivity index (χ4n) is 2.50. The molecule has 0 fully saturated rings. The highest BCUT2D eigenvalue weighted by atomic mass is 19.1. The van der Waals surface area contributed by atoms with Crippen molar-refractivity contribution in [2.24, 2.45) is 0 Å². The first kappa shape index (κ1) is 23.1. The van der Waals surface area contributed by atoms with Gasteiger partial charge in [-0.3, -0.25) is 9.59 Å². The molecule has 0 atom stereocenters. The largest absolute Gasteiger partial charge is 0.507 e. The van der Waals surface area contributed by atoms with Crippen LogP contribution in [0.4, 0.5) is 10.1 Å². The molecule has 0 spiro atoms. The second-order valence-electron chi connectivity index (χ2n) is 7.25. The third-order valence-corrected chi connectivity index (χ3v) is 4.07. The summed E-state index contributed by atoms with van der Waals surface area (Å²) in [6, 6.07) is 8.35. The molecule has 2 aromatic carbocycles. The molecule has 2 aromatic rings. The molecule has 2 N–H and O–H groups in total. The Balaban J connectivity index is 0.000000283. The molecule has 0 bridgehead atoms. The number of carbonyl (C=O) groups is 2. The maximum Gasteiger partial charge on any atom is 0.257 e. The summed E-state index contributed by atoms with van der Waals surface area (Å²) in [6.07, 6.45) is 0. The average molecular weight is 388 g/mol. The van der Waals surface area contributed by atoms with E-state index in [4.69, 9.17) is 0 Å². The van der Waals surface area contributed by atoms with Crippen molar-refractivity contribution in [3.8, 4) is 5.75 Å². The second kappa shape index (κ2) is 9.88. The van der Waals surface area contributed by atoms with E-state index in [0.717, 1.165) is 16.7 Å². The van der Waals surface area contributed by atoms with Gasteiger partial charge in [-0.05, 0) is 49.1 Å². The first-order chi connectivity index (χ1) is 12.9. The number of phenols is 1. The zero-order chi connectivity index (χ0) is 21.6. The van der Waals surface area contributed by atoms with Gasteiger partial charge >= 0.3 is 0 Å². The van der Waals surface area contributed by atoms with Crippen molar-refractivity contribution in [2.75, 3.05) is 19.4 Å². The first-order valence-electron chi connectivity index (χ1n) is 9.02. The molecule has 0 aliphatic heterocycles. The number of halogens is 1. The summed E-state index contributed by atoms with van der Waals surface area (Å²) in [7, 11) is 3.31. The van der Waals surface area contributed by atoms with Crippen molar-refractivity contribution in [1.82, 2.24) is 4.90 Å². The number of anilines is 1. The molecule has 6 heteroatoms. The van der Waals surface area contributed by atoms with Crippen LogP contribution in [0, 0.1) is 19.7 Å². The topological polar surface area (TPSA) is 69.6 Å². The van der Waals surface area contributed by atoms with Crippen LogP contribution in [0.25, 0.3) is 0 Å². The molecule has 0 aromatic heterocycles. The maximum absolute atomic E-state index is 13.6. The highest BCUT2D eigenvalue weighted by Crippen LogP contribution is 2.25. The molecule has 0 saturated carbocycles. The van der Waals surface area contributed by atoms with Gasteiger partial charge in [-0.25, -0.2) is 4.39 Å². The number of hydrogen-bond donors (Lipinski definition) is 2. The van der Waals surface area contributed by atoms with Crippen molar-refractivity contribution in [3.63, 3.8) is 0 Å². The van der Waals surface area contributed by atoms with Gasteiger partial charge in [-0.15, -0.1) is 0 Å². The molecule has 0 saturated heterocycles. The van der Waals surface area contributed by atoms with Crippen molar-refractivity contribution >= 4 is 17.5 Å². The number of nitrogens with one attached hydrogen (secondary N) is 1. The van der Waals surface area contributed by atoms with E-state index in [-0.39, 0.29) is 35.0 Å². The standard InChI is InChI=1S/C12H16FNO.C10H13NO2/c1-7(2)10-5-8(3)12(11(13)6-10)14-9(4)15;1-7-4-5-9(12)8(6-7)10(13)11(2)3/h5-7H,1-4H3,(H,14,15);4-6,12H,1-3H3. The summed E-state index contributed by atoms with van der Waals surface area (Å²) in [5.41, 5.74) is 3.30. The molecule has 2 rings (SSSR count). The highest BCUT2D eigenvalue weighted by molar-refractivity contribution is 5.96. The zero-order valence-corrected chi connectivity index (χ0v) is 17.6. The van der Waals surface area contributed by atoms with E-state index in [0.29, 0.717) is 5.56 Å². The van der Waals surface area contributed by atoms with E-state index in [1.165, 1.54) is 24.0 Å². The fourth-order valence-corrected chi connectivity index (χ4v) is 2.50. The lowest BCUT2D eigenvalue weighted by Crippen LogP contribution is -2.21. The van der Waals surface area contributed by atoms with Crippen LogP contribution >= 0.6 is 0 Å². The minimum Gasteiger partial charge on any atom is -0.507 e. The Labute approximate surface area is 166 Å². The number of amides is 2. The van der Waals surface area contributed by atoms with E-state index in [9.17, 15) is 19.1 Å². The summed E-state index contributed by atoms with van der Waals surface area (Å²) in [5.74, 6) is -0.488. The van der Waals surface area contributed by atoms with Crippen LogP contribution in [0.2, 0.25) is 0 Å². The SMILES string of the molecule is CC(=O)Nc1c(C)cc(C(C)C)cc1F.Cc1ccc(O)c(C(=O)N(C)C)c1. The fraction of sp³-hybridized carbons (Fsp3) is 0.364. The van der Waals surface area contributed by atoms with E-state index in [1.807, 2.05) is 26.8 Å². The Morgan fingerprint density at radius 1 is 1.11 bits per heavy atom. The van der Waals surface area contributed by atoms with Gasteiger partial charge in [0.25, 0.3) is 5.91 Å². The molecule has 0 aliphatic carbocycles. The van der Waals surface area contributed by atoms with Gasteiger partial charge in [0.1, 0.15) is 11.6 Å². The normalized spacial score (nSPS) is 10.2. The number of carbonyl (C=O) groups excluding carboxylic acids is 2. The Morgan fingerprint density at radius 3 is 2.18 bits per heavy atom. The third-order valence-electron chi connectivity index (χ3n) is 4.07. The van der Waals surface area contributed by atoms with Gasteiger partial charge in [0.15, 0.2) is 0 Å². The maximum atomic E-state index is 13.6. The molecule has 0 aliphatic rings. The number of aryl methyl sites for hydroxylation is 2. The van der Waals surface area contributed by atoms with Crippen LogP contribution in [0.3, 0.4) is 0 Å². The number of rotatable bonds is 3. The van der Waals surface area contributed by atoms with E-state index in [1.54, 1.807) is 33.2 Å². The Morgan fingerprint density at radius 2 is 1.71 bits per heavy atom. The molecule has 0 heterocycles. The molecular formula is C22H29FN2O3. The van der Waals surface area contributed by atoms with Gasteiger partial charge in [0.2, 0.25) is 5.91 Å². The minimum atomic E-state index is -0.367. The van der Waals surface area contributed by atoms with Gasteiger partial charge in [0.05, 0.1) is 11.3 Å². The second-order valence-corrected chi connectivity index (χ2v) is 7.25. The lowest BCUT2D eigenvalue weighted by Gasteiger charge is -2.12. The Bertz CT molecular complexity index is 838. The summed E-state index contributed by atoms with van der Waals surface area (Å²) in [4.78, 5) is 23.8. The quantitative estimate of drug-likeness (QED) is 0.806. The van der Waals surface area contributed by atoms with E-state index >= 15 is 0 Å². The first-order valence-corrected chi connectivity index (χ1v) is 9.02. The summed E-state index contributed by atoms with van der Waals surface area (Å²) < 4.78 is 13.6. The van der Waals surface area contributed by atoms with Crippen LogP contribution < -0.4 is 5.32 Å². The monoisotopic (exact) mass is 388 g/mol. The Kier molecular flexibility index (Phi) is 8.16. The summed E-state index contributed by atoms with van der Waals surface area (Å²) >= 11 is 0. The predicted molar refractivity (Wildman–Crippen MR) is 110 cm³/mol. The van der Waals surface area contributed by atoms with Gasteiger partial charge in [-0.2, -0.15) is 0 Å². The van der Waals surface area contributed by atoms with Crippen LogP contribution in [0.15, 0.2) is 30.3 Å². The van der Waals surface area contributed by atoms with Crippen LogP contribution in [0.5, 0.6) is 5.75 Å². The summed E-state index contributed by atoms with van der Waals surface area (Å²) in [6.45, 7) is 9.06. The number of phenolic OH excluding ortho intramolecular Hbond substituents is 1. The average Bonchev–Trinajstić information content (AvgIpc) is 2.59. The van der Waals surface area contributed by atoms with E-state index in [2.05, 4.69) is 5.32 Å². The van der Waals surface area contributed by atoms with Crippen molar-refractivity contribution in [3.05, 3.63) is 58.4 Å². The van der Waals surface area contributed by atoms with Gasteiger partial charge in [-0.1, -0.05) is 31.5 Å². The minimum absolute atomic E-state index is 0.0318. The molecule has 0 unspecified atom stereocenters. The van der Waals surface area contributed by atoms with E-state index < -0.39 is 0 Å². The molecule has 152 valence electrons. The van der Waals surface area contributed by atoms with Crippen LogP contribution in [0.1, 0.15) is 53.7 Å². The number of nitrogens with zero attached hydrogens (tertiary/aromatic N) is 1. The lowest BCUT2D eigenvalue weighted by atomic mass is 10.00. The third kappa shape index (κ3) is 6.37. The Hall–Kier alpha value is -2.89. The van der Waals surface area contributed by atoms with Gasteiger partial charge in [0, 0.05) is 21.0 Å². The number of aromatic hydroxyl groups is 1. The molecule has 5 nitrogen and oxygen atoms in total. The smallest absolute Gasteiger partial charge is 0.257 e. The molecule has 0 radical (unpaired) electrons. The number of benzene rings is 2. The molecular weight excluding hydrogens is 359 g/mol. The zero-order valence-electron chi connectivity index (χ0n) is 17.6. The summed E-state index contributed by atoms with van der Waals surface area (Å²) in [5, 5.41) is 11.9. The lowest BCUT2D eigenvalue weighted by molar-refractivity contribution is -0.114. The number of hydrogen-bond acceptors (Lipinski definition) is 3. The van der Waals surface area contributed by atoms with Crippen molar-refractivity contribution in [1.29, 1.82) is 0 Å². The van der Waals surface area contributed by atoms with Gasteiger partial charge < -0.3 is 15.3 Å². The molecule has 28 heavy (non-hydrogen) atoms. The van der Waals surface area contributed by atoms with Crippen molar-refractivity contribution in [2.45, 2.75) is 40.5 Å². The predicted octanol–water partition coefficient (Wildman–Crippen LogP) is 4.62. The highest BCUT2D eigenvalue weighted by Gasteiger charge is 2.12.